The van der Waals surface area contributed by atoms with E-state index in [0.29, 0.717) is 0 Å². The quantitative estimate of drug-likeness (QED) is 0.470. The van der Waals surface area contributed by atoms with Crippen LogP contribution in [-0.2, 0) is 0 Å². The molecule has 0 atom stereocenters. The SMILES string of the molecule is CC.c1ccc2c(-c3cnn4c(N5CCCCC5)ccnc34)cccc2c1. The maximum absolute atomic E-state index is 4.69. The molecule has 1 fully saturated rings. The molecule has 0 N–H and O–H groups in total. The average molecular weight is 358 g/mol. The van der Waals surface area contributed by atoms with Crippen LogP contribution in [0.1, 0.15) is 33.1 Å². The zero-order valence-corrected chi connectivity index (χ0v) is 16.1. The molecule has 0 unspecified atom stereocenters. The van der Waals surface area contributed by atoms with E-state index in [0.717, 1.165) is 30.1 Å². The monoisotopic (exact) mass is 358 g/mol. The minimum atomic E-state index is 0.930. The summed E-state index contributed by atoms with van der Waals surface area (Å²) < 4.78 is 2.00. The highest BCUT2D eigenvalue weighted by Gasteiger charge is 2.17. The Morgan fingerprint density at radius 1 is 0.815 bits per heavy atom. The van der Waals surface area contributed by atoms with Gasteiger partial charge in [0, 0.05) is 24.8 Å². The lowest BCUT2D eigenvalue weighted by Crippen LogP contribution is -2.31. The molecule has 4 aromatic rings. The molecule has 4 heteroatoms. The summed E-state index contributed by atoms with van der Waals surface area (Å²) in [6.45, 7) is 6.20. The van der Waals surface area contributed by atoms with E-state index in [1.807, 2.05) is 30.8 Å². The van der Waals surface area contributed by atoms with Crippen LogP contribution in [0.3, 0.4) is 0 Å². The van der Waals surface area contributed by atoms with Crippen LogP contribution in [0.4, 0.5) is 5.82 Å². The van der Waals surface area contributed by atoms with Gasteiger partial charge < -0.3 is 4.90 Å². The summed E-state index contributed by atoms with van der Waals surface area (Å²) in [6, 6.07) is 17.0. The number of anilines is 1. The Kier molecular flexibility index (Phi) is 5.05. The van der Waals surface area contributed by atoms with Crippen molar-refractivity contribution in [1.29, 1.82) is 0 Å². The number of fused-ring (bicyclic) bond motifs is 2. The van der Waals surface area contributed by atoms with Crippen LogP contribution >= 0.6 is 0 Å². The van der Waals surface area contributed by atoms with E-state index in [1.54, 1.807) is 0 Å². The van der Waals surface area contributed by atoms with Crippen molar-refractivity contribution >= 4 is 22.2 Å². The molecular formula is C23H26N4. The van der Waals surface area contributed by atoms with Gasteiger partial charge in [-0.15, -0.1) is 0 Å². The maximum Gasteiger partial charge on any atom is 0.165 e. The third-order valence-corrected chi connectivity index (χ3v) is 5.14. The van der Waals surface area contributed by atoms with Gasteiger partial charge in [-0.05, 0) is 41.7 Å². The number of hydrogen-bond donors (Lipinski definition) is 0. The second kappa shape index (κ2) is 7.78. The standard InChI is InChI=1S/C21H20N4.C2H6/c1-4-13-24(14-5-1)20-11-12-22-21-19(15-23-25(20)21)18-10-6-8-16-7-2-3-9-17(16)18;1-2/h2-3,6-12,15H,1,4-5,13-14H2;1-2H3. The first-order valence-corrected chi connectivity index (χ1v) is 9.98. The average Bonchev–Trinajstić information content (AvgIpc) is 3.19. The normalized spacial score (nSPS) is 14.2. The van der Waals surface area contributed by atoms with E-state index in [2.05, 4.69) is 63.5 Å². The Morgan fingerprint density at radius 3 is 2.44 bits per heavy atom. The van der Waals surface area contributed by atoms with Gasteiger partial charge in [-0.25, -0.2) is 4.98 Å². The molecule has 27 heavy (non-hydrogen) atoms. The van der Waals surface area contributed by atoms with Gasteiger partial charge in [0.25, 0.3) is 0 Å². The molecular weight excluding hydrogens is 332 g/mol. The summed E-state index contributed by atoms with van der Waals surface area (Å²) in [6.07, 6.45) is 7.70. The smallest absolute Gasteiger partial charge is 0.165 e. The molecule has 5 rings (SSSR count). The van der Waals surface area contributed by atoms with Crippen LogP contribution in [0.2, 0.25) is 0 Å². The highest BCUT2D eigenvalue weighted by Crippen LogP contribution is 2.32. The Bertz CT molecular complexity index is 1040. The van der Waals surface area contributed by atoms with Gasteiger partial charge in [-0.1, -0.05) is 56.3 Å². The van der Waals surface area contributed by atoms with Crippen molar-refractivity contribution < 1.29 is 0 Å². The minimum absolute atomic E-state index is 0.930. The summed E-state index contributed by atoms with van der Waals surface area (Å²) >= 11 is 0. The number of hydrogen-bond acceptors (Lipinski definition) is 3. The number of nitrogens with zero attached hydrogens (tertiary/aromatic N) is 4. The largest absolute Gasteiger partial charge is 0.356 e. The van der Waals surface area contributed by atoms with Gasteiger partial charge in [-0.3, -0.25) is 0 Å². The Labute approximate surface area is 160 Å². The molecule has 0 radical (unpaired) electrons. The number of aromatic nitrogens is 3. The maximum atomic E-state index is 4.69. The molecule has 1 saturated heterocycles. The first-order valence-electron chi connectivity index (χ1n) is 9.98. The molecule has 0 bridgehead atoms. The Hall–Kier alpha value is -2.88. The van der Waals surface area contributed by atoms with Gasteiger partial charge in [0.15, 0.2) is 5.65 Å². The molecule has 0 saturated carbocycles. The third-order valence-electron chi connectivity index (χ3n) is 5.14. The van der Waals surface area contributed by atoms with Crippen molar-refractivity contribution in [2.75, 3.05) is 18.0 Å². The summed E-state index contributed by atoms with van der Waals surface area (Å²) in [7, 11) is 0. The molecule has 0 aliphatic carbocycles. The lowest BCUT2D eigenvalue weighted by molar-refractivity contribution is 0.568. The molecule has 0 spiro atoms. The first kappa shape index (κ1) is 17.5. The molecule has 3 heterocycles. The Balaban J connectivity index is 0.000000872. The highest BCUT2D eigenvalue weighted by atomic mass is 15.3. The van der Waals surface area contributed by atoms with E-state index < -0.39 is 0 Å². The van der Waals surface area contributed by atoms with Gasteiger partial charge in [-0.2, -0.15) is 9.61 Å². The van der Waals surface area contributed by atoms with Crippen molar-refractivity contribution in [3.05, 3.63) is 60.9 Å². The van der Waals surface area contributed by atoms with Gasteiger partial charge >= 0.3 is 0 Å². The second-order valence-corrected chi connectivity index (χ2v) is 6.67. The summed E-state index contributed by atoms with van der Waals surface area (Å²) in [5.41, 5.74) is 3.21. The molecule has 0 amide bonds. The fourth-order valence-corrected chi connectivity index (χ4v) is 3.89. The van der Waals surface area contributed by atoms with Crippen LogP contribution < -0.4 is 4.90 Å². The molecule has 1 aliphatic rings. The van der Waals surface area contributed by atoms with Gasteiger partial charge in [0.2, 0.25) is 0 Å². The summed E-state index contributed by atoms with van der Waals surface area (Å²) in [4.78, 5) is 7.08. The number of piperidine rings is 1. The van der Waals surface area contributed by atoms with Crippen molar-refractivity contribution in [2.24, 2.45) is 0 Å². The predicted octanol–water partition coefficient (Wildman–Crippen LogP) is 5.57. The number of benzene rings is 2. The lowest BCUT2D eigenvalue weighted by Gasteiger charge is -2.28. The van der Waals surface area contributed by atoms with Gasteiger partial charge in [0.1, 0.15) is 5.82 Å². The summed E-state index contributed by atoms with van der Waals surface area (Å²) in [5.74, 6) is 1.15. The topological polar surface area (TPSA) is 33.4 Å². The summed E-state index contributed by atoms with van der Waals surface area (Å²) in [5, 5.41) is 7.17. The molecule has 4 nitrogen and oxygen atoms in total. The van der Waals surface area contributed by atoms with Crippen molar-refractivity contribution in [3.8, 4) is 11.1 Å². The Morgan fingerprint density at radius 2 is 1.59 bits per heavy atom. The van der Waals surface area contributed by atoms with Crippen molar-refractivity contribution in [2.45, 2.75) is 33.1 Å². The molecule has 1 aliphatic heterocycles. The van der Waals surface area contributed by atoms with Crippen LogP contribution in [0.25, 0.3) is 27.5 Å². The predicted molar refractivity (Wildman–Crippen MR) is 113 cm³/mol. The lowest BCUT2D eigenvalue weighted by atomic mass is 10.0. The van der Waals surface area contributed by atoms with E-state index in [-0.39, 0.29) is 0 Å². The molecule has 2 aromatic heterocycles. The fourth-order valence-electron chi connectivity index (χ4n) is 3.89. The number of rotatable bonds is 2. The van der Waals surface area contributed by atoms with E-state index in [9.17, 15) is 0 Å². The highest BCUT2D eigenvalue weighted by molar-refractivity contribution is 5.99. The zero-order chi connectivity index (χ0) is 18.6. The van der Waals surface area contributed by atoms with Crippen molar-refractivity contribution in [1.82, 2.24) is 14.6 Å². The molecule has 138 valence electrons. The van der Waals surface area contributed by atoms with Crippen LogP contribution in [0.15, 0.2) is 60.9 Å². The fraction of sp³-hybridized carbons (Fsp3) is 0.304. The minimum Gasteiger partial charge on any atom is -0.356 e. The zero-order valence-electron chi connectivity index (χ0n) is 16.1. The second-order valence-electron chi connectivity index (χ2n) is 6.67. The van der Waals surface area contributed by atoms with Crippen LogP contribution in [-0.4, -0.2) is 27.7 Å². The van der Waals surface area contributed by atoms with Crippen LogP contribution in [0, 0.1) is 0 Å². The van der Waals surface area contributed by atoms with E-state index in [1.165, 1.54) is 35.6 Å². The molecule has 2 aromatic carbocycles. The van der Waals surface area contributed by atoms with Crippen LogP contribution in [0.5, 0.6) is 0 Å². The third kappa shape index (κ3) is 3.16. The van der Waals surface area contributed by atoms with Gasteiger partial charge in [0.05, 0.1) is 6.20 Å². The van der Waals surface area contributed by atoms with Crippen molar-refractivity contribution in [3.63, 3.8) is 0 Å². The first-order chi connectivity index (χ1) is 13.4. The van der Waals surface area contributed by atoms with E-state index in [4.69, 9.17) is 0 Å². The van der Waals surface area contributed by atoms with E-state index >= 15 is 0 Å².